The number of hydrogen-bond acceptors (Lipinski definition) is 5. The van der Waals surface area contributed by atoms with E-state index in [2.05, 4.69) is 46.2 Å². The fraction of sp³-hybridized carbons (Fsp3) is 0.154. The minimum absolute atomic E-state index is 0.770. The highest BCUT2D eigenvalue weighted by Crippen LogP contribution is 2.28. The van der Waals surface area contributed by atoms with Crippen molar-refractivity contribution in [3.63, 3.8) is 0 Å². The fourth-order valence-corrected chi connectivity index (χ4v) is 3.41. The number of anilines is 3. The number of azo groups is 1. The molecule has 0 aliphatic carbocycles. The summed E-state index contributed by atoms with van der Waals surface area (Å²) in [5.74, 6) is 0. The number of nitrogens with two attached hydrogens (primary N) is 1. The first-order valence-electron chi connectivity index (χ1n) is 10.6. The average Bonchev–Trinajstić information content (AvgIpc) is 2.82. The Kier molecular flexibility index (Phi) is 6.43. The van der Waals surface area contributed by atoms with Gasteiger partial charge in [0.25, 0.3) is 0 Å². The Hall–Kier alpha value is -3.86. The summed E-state index contributed by atoms with van der Waals surface area (Å²) in [7, 11) is 0. The van der Waals surface area contributed by atoms with E-state index >= 15 is 0 Å². The summed E-state index contributed by atoms with van der Waals surface area (Å²) >= 11 is 0. The monoisotopic (exact) mass is 409 g/mol. The molecular weight excluding hydrogens is 382 g/mol. The minimum Gasteiger partial charge on any atom is -0.398 e. The SMILES string of the molecule is CCCCc1ccc(/N=N/c2ccc(NNc3ccc(N)c4ccccc34)cc2)cc1. The first-order chi connectivity index (χ1) is 15.2. The largest absolute Gasteiger partial charge is 0.398 e. The van der Waals surface area contributed by atoms with Crippen molar-refractivity contribution in [2.24, 2.45) is 10.2 Å². The van der Waals surface area contributed by atoms with Gasteiger partial charge in [-0.3, -0.25) is 0 Å². The normalized spacial score (nSPS) is 11.1. The highest BCUT2D eigenvalue weighted by atomic mass is 15.4. The van der Waals surface area contributed by atoms with E-state index in [-0.39, 0.29) is 0 Å². The molecule has 4 aromatic carbocycles. The van der Waals surface area contributed by atoms with Crippen LogP contribution in [-0.4, -0.2) is 0 Å². The standard InChI is InChI=1S/C26H27N5/c1-2-3-6-19-9-11-20(12-10-19)28-29-21-13-15-22(16-14-21)30-31-26-18-17-25(27)23-7-4-5-8-24(23)26/h4-5,7-18,30-31H,2-3,6,27H2,1H3/b29-28+. The Morgan fingerprint density at radius 1 is 0.710 bits per heavy atom. The van der Waals surface area contributed by atoms with Gasteiger partial charge in [-0.15, -0.1) is 0 Å². The summed E-state index contributed by atoms with van der Waals surface area (Å²) in [6, 6.07) is 28.0. The lowest BCUT2D eigenvalue weighted by molar-refractivity contribution is 0.795. The Bertz CT molecular complexity index is 1160. The van der Waals surface area contributed by atoms with Crippen LogP contribution in [0.5, 0.6) is 0 Å². The zero-order valence-electron chi connectivity index (χ0n) is 17.7. The number of unbranched alkanes of at least 4 members (excludes halogenated alkanes) is 1. The summed E-state index contributed by atoms with van der Waals surface area (Å²) in [5.41, 5.74) is 18.3. The van der Waals surface area contributed by atoms with Gasteiger partial charge in [0.05, 0.1) is 22.7 Å². The third-order valence-corrected chi connectivity index (χ3v) is 5.20. The zero-order valence-corrected chi connectivity index (χ0v) is 17.7. The number of rotatable bonds is 8. The molecule has 0 amide bonds. The number of benzene rings is 4. The highest BCUT2D eigenvalue weighted by molar-refractivity contribution is 6.01. The maximum Gasteiger partial charge on any atom is 0.0858 e. The highest BCUT2D eigenvalue weighted by Gasteiger charge is 2.03. The lowest BCUT2D eigenvalue weighted by atomic mass is 10.1. The number of aryl methyl sites for hydroxylation is 1. The molecule has 0 saturated carbocycles. The molecule has 156 valence electrons. The summed E-state index contributed by atoms with van der Waals surface area (Å²) in [5, 5.41) is 10.8. The van der Waals surface area contributed by atoms with Gasteiger partial charge in [0, 0.05) is 16.5 Å². The molecule has 0 atom stereocenters. The Balaban J connectivity index is 1.38. The van der Waals surface area contributed by atoms with Gasteiger partial charge in [-0.25, -0.2) is 0 Å². The van der Waals surface area contributed by atoms with Gasteiger partial charge in [0.1, 0.15) is 0 Å². The molecule has 0 aromatic heterocycles. The molecule has 0 aliphatic rings. The minimum atomic E-state index is 0.770. The molecule has 4 N–H and O–H groups in total. The quantitative estimate of drug-likeness (QED) is 0.159. The van der Waals surface area contributed by atoms with E-state index in [9.17, 15) is 0 Å². The number of nitrogens with zero attached hydrogens (tertiary/aromatic N) is 2. The van der Waals surface area contributed by atoms with Gasteiger partial charge in [0.2, 0.25) is 0 Å². The first kappa shape index (κ1) is 20.4. The second-order valence-electron chi connectivity index (χ2n) is 7.51. The van der Waals surface area contributed by atoms with Crippen LogP contribution in [0.3, 0.4) is 0 Å². The predicted molar refractivity (Wildman–Crippen MR) is 131 cm³/mol. The summed E-state index contributed by atoms with van der Waals surface area (Å²) in [6.45, 7) is 2.21. The lowest BCUT2D eigenvalue weighted by Crippen LogP contribution is -2.08. The average molecular weight is 410 g/mol. The first-order valence-corrected chi connectivity index (χ1v) is 10.6. The van der Waals surface area contributed by atoms with Crippen LogP contribution >= 0.6 is 0 Å². The van der Waals surface area contributed by atoms with Crippen LogP contribution in [0, 0.1) is 0 Å². The second kappa shape index (κ2) is 9.76. The van der Waals surface area contributed by atoms with Crippen LogP contribution in [0.15, 0.2) is 95.2 Å². The van der Waals surface area contributed by atoms with Crippen molar-refractivity contribution in [3.05, 3.63) is 90.5 Å². The van der Waals surface area contributed by atoms with E-state index in [1.165, 1.54) is 18.4 Å². The Labute approximate surface area is 183 Å². The van der Waals surface area contributed by atoms with E-state index in [0.717, 1.165) is 45.6 Å². The second-order valence-corrected chi connectivity index (χ2v) is 7.51. The summed E-state index contributed by atoms with van der Waals surface area (Å²) in [4.78, 5) is 0. The number of nitrogen functional groups attached to an aromatic ring is 1. The smallest absolute Gasteiger partial charge is 0.0858 e. The van der Waals surface area contributed by atoms with Crippen molar-refractivity contribution < 1.29 is 0 Å². The molecule has 0 unspecified atom stereocenters. The van der Waals surface area contributed by atoms with Crippen molar-refractivity contribution >= 4 is 39.2 Å². The van der Waals surface area contributed by atoms with Crippen LogP contribution in [0.1, 0.15) is 25.3 Å². The van der Waals surface area contributed by atoms with Gasteiger partial charge in [-0.2, -0.15) is 10.2 Å². The molecule has 0 aliphatic heterocycles. The van der Waals surface area contributed by atoms with E-state index in [0.29, 0.717) is 0 Å². The van der Waals surface area contributed by atoms with Crippen LogP contribution in [0.2, 0.25) is 0 Å². The van der Waals surface area contributed by atoms with Crippen molar-refractivity contribution in [3.8, 4) is 0 Å². The van der Waals surface area contributed by atoms with Gasteiger partial charge >= 0.3 is 0 Å². The van der Waals surface area contributed by atoms with Crippen LogP contribution in [0.25, 0.3) is 10.8 Å². The molecule has 0 spiro atoms. The molecular formula is C26H27N5. The summed E-state index contributed by atoms with van der Waals surface area (Å²) < 4.78 is 0. The molecule has 0 fully saturated rings. The van der Waals surface area contributed by atoms with Crippen molar-refractivity contribution in [1.82, 2.24) is 0 Å². The number of hydrazine groups is 1. The molecule has 4 aromatic rings. The molecule has 0 radical (unpaired) electrons. The fourth-order valence-electron chi connectivity index (χ4n) is 3.41. The van der Waals surface area contributed by atoms with Crippen LogP contribution in [-0.2, 0) is 6.42 Å². The Morgan fingerprint density at radius 3 is 2.03 bits per heavy atom. The third kappa shape index (κ3) is 5.20. The van der Waals surface area contributed by atoms with E-state index in [1.54, 1.807) is 0 Å². The van der Waals surface area contributed by atoms with Crippen molar-refractivity contribution in [1.29, 1.82) is 0 Å². The number of hydrogen-bond donors (Lipinski definition) is 3. The van der Waals surface area contributed by atoms with E-state index in [4.69, 9.17) is 5.73 Å². The van der Waals surface area contributed by atoms with E-state index < -0.39 is 0 Å². The van der Waals surface area contributed by atoms with Gasteiger partial charge in [0.15, 0.2) is 0 Å². The van der Waals surface area contributed by atoms with E-state index in [1.807, 2.05) is 66.7 Å². The van der Waals surface area contributed by atoms with Crippen molar-refractivity contribution in [2.75, 3.05) is 16.6 Å². The maximum absolute atomic E-state index is 6.08. The number of fused-ring (bicyclic) bond motifs is 1. The zero-order chi connectivity index (χ0) is 21.5. The predicted octanol–water partition coefficient (Wildman–Crippen LogP) is 7.62. The van der Waals surface area contributed by atoms with Gasteiger partial charge < -0.3 is 16.6 Å². The van der Waals surface area contributed by atoms with Crippen molar-refractivity contribution in [2.45, 2.75) is 26.2 Å². The molecule has 0 bridgehead atoms. The number of nitrogens with one attached hydrogen (secondary N) is 2. The maximum atomic E-state index is 6.08. The molecule has 4 rings (SSSR count). The van der Waals surface area contributed by atoms with Crippen LogP contribution < -0.4 is 16.6 Å². The lowest BCUT2D eigenvalue weighted by Gasteiger charge is -2.13. The van der Waals surface area contributed by atoms with Gasteiger partial charge in [-0.1, -0.05) is 49.7 Å². The molecule has 5 heteroatoms. The summed E-state index contributed by atoms with van der Waals surface area (Å²) in [6.07, 6.45) is 3.53. The van der Waals surface area contributed by atoms with Crippen LogP contribution in [0.4, 0.5) is 28.4 Å². The molecule has 0 heterocycles. The third-order valence-electron chi connectivity index (χ3n) is 5.20. The molecule has 0 saturated heterocycles. The Morgan fingerprint density at radius 2 is 1.35 bits per heavy atom. The topological polar surface area (TPSA) is 74.8 Å². The molecule has 5 nitrogen and oxygen atoms in total. The molecule has 31 heavy (non-hydrogen) atoms. The van der Waals surface area contributed by atoms with Gasteiger partial charge in [-0.05, 0) is 66.9 Å².